The Hall–Kier alpha value is -1.35. The molecule has 0 aromatic heterocycles. The summed E-state index contributed by atoms with van der Waals surface area (Å²) < 4.78 is 5.06. The molecule has 0 aliphatic rings. The molecule has 0 aliphatic carbocycles. The molecule has 0 unspecified atom stereocenters. The summed E-state index contributed by atoms with van der Waals surface area (Å²) in [6.07, 6.45) is 0. The Morgan fingerprint density at radius 3 is 2.31 bits per heavy atom. The Bertz CT molecular complexity index is 363. The summed E-state index contributed by atoms with van der Waals surface area (Å²) in [5.41, 5.74) is 4.28. The van der Waals surface area contributed by atoms with Crippen LogP contribution < -0.4 is 5.32 Å². The number of ether oxygens (including phenoxy) is 1. The smallest absolute Gasteiger partial charge is 0.250 e. The van der Waals surface area contributed by atoms with Gasteiger partial charge in [-0.05, 0) is 38.8 Å². The van der Waals surface area contributed by atoms with Crippen molar-refractivity contribution in [3.8, 4) is 0 Å². The van der Waals surface area contributed by atoms with Crippen molar-refractivity contribution in [1.29, 1.82) is 0 Å². The molecule has 3 nitrogen and oxygen atoms in total. The fourth-order valence-electron chi connectivity index (χ4n) is 1.75. The molecule has 1 rings (SSSR count). The summed E-state index contributed by atoms with van der Waals surface area (Å²) in [6, 6.07) is 4.12. The number of amides is 1. The maximum atomic E-state index is 11.5. The number of benzene rings is 1. The summed E-state index contributed by atoms with van der Waals surface area (Å²) in [5.74, 6) is -0.100. The van der Waals surface area contributed by atoms with Crippen molar-refractivity contribution in [1.82, 2.24) is 0 Å². The first-order valence-electron chi connectivity index (χ1n) is 5.50. The SMILES string of the molecule is CCOCC(=O)Nc1c(C)cc(C)cc1C. The van der Waals surface area contributed by atoms with Gasteiger partial charge in [0.25, 0.3) is 0 Å². The van der Waals surface area contributed by atoms with Gasteiger partial charge in [0.15, 0.2) is 0 Å². The number of nitrogens with one attached hydrogen (secondary N) is 1. The molecule has 3 heteroatoms. The second-order valence-electron chi connectivity index (χ2n) is 3.96. The molecule has 0 aliphatic heterocycles. The van der Waals surface area contributed by atoms with E-state index in [1.165, 1.54) is 5.56 Å². The van der Waals surface area contributed by atoms with E-state index < -0.39 is 0 Å². The number of hydrogen-bond acceptors (Lipinski definition) is 2. The number of anilines is 1. The molecule has 1 aromatic rings. The van der Waals surface area contributed by atoms with Gasteiger partial charge < -0.3 is 10.1 Å². The minimum atomic E-state index is -0.100. The Labute approximate surface area is 96.8 Å². The number of hydrogen-bond donors (Lipinski definition) is 1. The van der Waals surface area contributed by atoms with E-state index in [2.05, 4.69) is 17.4 Å². The zero-order valence-corrected chi connectivity index (χ0v) is 10.4. The normalized spacial score (nSPS) is 10.2. The first-order chi connectivity index (χ1) is 7.54. The van der Waals surface area contributed by atoms with E-state index in [-0.39, 0.29) is 12.5 Å². The average Bonchev–Trinajstić information content (AvgIpc) is 2.20. The molecular formula is C13H19NO2. The molecule has 0 fully saturated rings. The van der Waals surface area contributed by atoms with E-state index in [0.717, 1.165) is 16.8 Å². The van der Waals surface area contributed by atoms with Crippen LogP contribution in [0.25, 0.3) is 0 Å². The van der Waals surface area contributed by atoms with E-state index in [1.807, 2.05) is 27.7 Å². The van der Waals surface area contributed by atoms with Crippen molar-refractivity contribution < 1.29 is 9.53 Å². The second kappa shape index (κ2) is 5.66. The number of aryl methyl sites for hydroxylation is 3. The van der Waals surface area contributed by atoms with Crippen molar-refractivity contribution >= 4 is 11.6 Å². The van der Waals surface area contributed by atoms with Crippen molar-refractivity contribution in [2.75, 3.05) is 18.5 Å². The predicted octanol–water partition coefficient (Wildman–Crippen LogP) is 2.59. The Balaban J connectivity index is 2.77. The zero-order valence-electron chi connectivity index (χ0n) is 10.4. The molecule has 0 saturated heterocycles. The molecule has 1 amide bonds. The Kier molecular flexibility index (Phi) is 4.50. The van der Waals surface area contributed by atoms with E-state index in [9.17, 15) is 4.79 Å². The number of carbonyl (C=O) groups excluding carboxylic acids is 1. The minimum absolute atomic E-state index is 0.100. The maximum absolute atomic E-state index is 11.5. The minimum Gasteiger partial charge on any atom is -0.372 e. The van der Waals surface area contributed by atoms with Gasteiger partial charge in [-0.1, -0.05) is 17.7 Å². The summed E-state index contributed by atoms with van der Waals surface area (Å²) in [5, 5.41) is 2.88. The van der Waals surface area contributed by atoms with Gasteiger partial charge in [0.1, 0.15) is 6.61 Å². The molecule has 0 heterocycles. The lowest BCUT2D eigenvalue weighted by atomic mass is 10.1. The van der Waals surface area contributed by atoms with Crippen LogP contribution in [0.4, 0.5) is 5.69 Å². The van der Waals surface area contributed by atoms with Gasteiger partial charge in [0.2, 0.25) is 5.91 Å². The first-order valence-corrected chi connectivity index (χ1v) is 5.50. The van der Waals surface area contributed by atoms with Crippen LogP contribution in [0.1, 0.15) is 23.6 Å². The highest BCUT2D eigenvalue weighted by atomic mass is 16.5. The standard InChI is InChI=1S/C13H19NO2/c1-5-16-8-12(15)14-13-10(3)6-9(2)7-11(13)4/h6-7H,5,8H2,1-4H3,(H,14,15). The summed E-state index contributed by atoms with van der Waals surface area (Å²) in [7, 11) is 0. The molecular weight excluding hydrogens is 202 g/mol. The maximum Gasteiger partial charge on any atom is 0.250 e. The highest BCUT2D eigenvalue weighted by Crippen LogP contribution is 2.21. The van der Waals surface area contributed by atoms with Gasteiger partial charge in [0, 0.05) is 12.3 Å². The third-order valence-corrected chi connectivity index (χ3v) is 2.38. The second-order valence-corrected chi connectivity index (χ2v) is 3.96. The monoisotopic (exact) mass is 221 g/mol. The average molecular weight is 221 g/mol. The van der Waals surface area contributed by atoms with Crippen molar-refractivity contribution in [3.05, 3.63) is 28.8 Å². The summed E-state index contributed by atoms with van der Waals surface area (Å²) >= 11 is 0. The van der Waals surface area contributed by atoms with Gasteiger partial charge in [-0.25, -0.2) is 0 Å². The number of rotatable bonds is 4. The largest absolute Gasteiger partial charge is 0.372 e. The predicted molar refractivity (Wildman–Crippen MR) is 65.8 cm³/mol. The van der Waals surface area contributed by atoms with Gasteiger partial charge in [0.05, 0.1) is 0 Å². The molecule has 88 valence electrons. The van der Waals surface area contributed by atoms with E-state index in [1.54, 1.807) is 0 Å². The van der Waals surface area contributed by atoms with Crippen LogP contribution in [0.5, 0.6) is 0 Å². The third-order valence-electron chi connectivity index (χ3n) is 2.38. The fraction of sp³-hybridized carbons (Fsp3) is 0.462. The molecule has 0 saturated carbocycles. The van der Waals surface area contributed by atoms with E-state index in [0.29, 0.717) is 6.61 Å². The van der Waals surface area contributed by atoms with E-state index in [4.69, 9.17) is 4.74 Å². The van der Waals surface area contributed by atoms with Crippen LogP contribution in [0, 0.1) is 20.8 Å². The van der Waals surface area contributed by atoms with Crippen LogP contribution in [0.2, 0.25) is 0 Å². The molecule has 1 aromatic carbocycles. The van der Waals surface area contributed by atoms with Crippen LogP contribution in [0.15, 0.2) is 12.1 Å². The van der Waals surface area contributed by atoms with Crippen LogP contribution in [0.3, 0.4) is 0 Å². The van der Waals surface area contributed by atoms with Gasteiger partial charge >= 0.3 is 0 Å². The van der Waals surface area contributed by atoms with Gasteiger partial charge in [-0.2, -0.15) is 0 Å². The highest BCUT2D eigenvalue weighted by Gasteiger charge is 2.07. The fourth-order valence-corrected chi connectivity index (χ4v) is 1.75. The number of carbonyl (C=O) groups is 1. The Morgan fingerprint density at radius 1 is 1.25 bits per heavy atom. The lowest BCUT2D eigenvalue weighted by molar-refractivity contribution is -0.120. The van der Waals surface area contributed by atoms with Crippen molar-refractivity contribution in [2.45, 2.75) is 27.7 Å². The van der Waals surface area contributed by atoms with Gasteiger partial charge in [-0.15, -0.1) is 0 Å². The van der Waals surface area contributed by atoms with Crippen molar-refractivity contribution in [2.24, 2.45) is 0 Å². The lowest BCUT2D eigenvalue weighted by Crippen LogP contribution is -2.19. The summed E-state index contributed by atoms with van der Waals surface area (Å²) in [4.78, 5) is 11.5. The highest BCUT2D eigenvalue weighted by molar-refractivity contribution is 5.93. The molecule has 0 radical (unpaired) electrons. The molecule has 1 N–H and O–H groups in total. The van der Waals surface area contributed by atoms with Crippen LogP contribution in [-0.4, -0.2) is 19.1 Å². The zero-order chi connectivity index (χ0) is 12.1. The summed E-state index contributed by atoms with van der Waals surface area (Å²) in [6.45, 7) is 8.58. The molecule has 0 spiro atoms. The molecule has 0 bridgehead atoms. The molecule has 16 heavy (non-hydrogen) atoms. The van der Waals surface area contributed by atoms with Crippen molar-refractivity contribution in [3.63, 3.8) is 0 Å². The lowest BCUT2D eigenvalue weighted by Gasteiger charge is -2.12. The van der Waals surface area contributed by atoms with Crippen LogP contribution >= 0.6 is 0 Å². The van der Waals surface area contributed by atoms with E-state index >= 15 is 0 Å². The van der Waals surface area contributed by atoms with Crippen LogP contribution in [-0.2, 0) is 9.53 Å². The third kappa shape index (κ3) is 3.35. The quantitative estimate of drug-likeness (QED) is 0.848. The molecule has 0 atom stereocenters. The van der Waals surface area contributed by atoms with Gasteiger partial charge in [-0.3, -0.25) is 4.79 Å². The topological polar surface area (TPSA) is 38.3 Å². The Morgan fingerprint density at radius 2 is 1.81 bits per heavy atom. The first kappa shape index (κ1) is 12.7.